The van der Waals surface area contributed by atoms with Gasteiger partial charge >= 0.3 is 0 Å². The van der Waals surface area contributed by atoms with E-state index in [1.165, 1.54) is 5.56 Å². The lowest BCUT2D eigenvalue weighted by Gasteiger charge is -2.04. The maximum atomic E-state index is 11.8. The number of hydrogen-bond acceptors (Lipinski definition) is 3. The van der Waals surface area contributed by atoms with Crippen LogP contribution in [-0.2, 0) is 11.2 Å². The summed E-state index contributed by atoms with van der Waals surface area (Å²) >= 11 is 0. The van der Waals surface area contributed by atoms with E-state index in [1.54, 1.807) is 13.3 Å². The van der Waals surface area contributed by atoms with E-state index in [-0.39, 0.29) is 12.3 Å². The fourth-order valence-electron chi connectivity index (χ4n) is 2.11. The van der Waals surface area contributed by atoms with Crippen LogP contribution in [0.4, 0.5) is 0 Å². The van der Waals surface area contributed by atoms with E-state index in [2.05, 4.69) is 36.5 Å². The van der Waals surface area contributed by atoms with Gasteiger partial charge < -0.3 is 4.74 Å². The Balaban J connectivity index is 1.85. The highest BCUT2D eigenvalue weighted by Gasteiger charge is 2.02. The van der Waals surface area contributed by atoms with Crippen LogP contribution in [-0.4, -0.2) is 19.2 Å². The molecule has 0 aliphatic carbocycles. The molecule has 1 N–H and O–H groups in total. The normalized spacial score (nSPS) is 11.0. The highest BCUT2D eigenvalue weighted by atomic mass is 16.5. The molecule has 0 atom stereocenters. The predicted molar refractivity (Wildman–Crippen MR) is 93.0 cm³/mol. The molecule has 0 saturated carbocycles. The summed E-state index contributed by atoms with van der Waals surface area (Å²) in [5, 5.41) is 4.00. The van der Waals surface area contributed by atoms with Crippen LogP contribution >= 0.6 is 0 Å². The third-order valence-electron chi connectivity index (χ3n) is 3.53. The first kappa shape index (κ1) is 16.7. The Morgan fingerprint density at radius 3 is 2.35 bits per heavy atom. The van der Waals surface area contributed by atoms with Gasteiger partial charge in [0.1, 0.15) is 5.75 Å². The van der Waals surface area contributed by atoms with Crippen molar-refractivity contribution < 1.29 is 9.53 Å². The van der Waals surface area contributed by atoms with Crippen LogP contribution in [0.15, 0.2) is 53.6 Å². The largest absolute Gasteiger partial charge is 0.497 e. The number of carbonyl (C=O) groups excluding carboxylic acids is 1. The minimum absolute atomic E-state index is 0.148. The Kier molecular flexibility index (Phi) is 5.92. The number of benzene rings is 2. The molecule has 1 amide bonds. The van der Waals surface area contributed by atoms with Crippen LogP contribution in [0.5, 0.6) is 5.75 Å². The predicted octanol–water partition coefficient (Wildman–Crippen LogP) is 3.51. The lowest BCUT2D eigenvalue weighted by atomic mass is 10.0. The van der Waals surface area contributed by atoms with Gasteiger partial charge in [0.15, 0.2) is 0 Å². The topological polar surface area (TPSA) is 50.7 Å². The molecule has 0 aliphatic rings. The highest BCUT2D eigenvalue weighted by Crippen LogP contribution is 2.14. The number of nitrogens with one attached hydrogen (secondary N) is 1. The Bertz CT molecular complexity index is 659. The van der Waals surface area contributed by atoms with E-state index in [0.717, 1.165) is 16.9 Å². The van der Waals surface area contributed by atoms with E-state index in [9.17, 15) is 4.79 Å². The molecule has 0 saturated heterocycles. The molecule has 4 heteroatoms. The molecule has 23 heavy (non-hydrogen) atoms. The van der Waals surface area contributed by atoms with E-state index in [1.807, 2.05) is 36.4 Å². The van der Waals surface area contributed by atoms with Crippen molar-refractivity contribution in [2.24, 2.45) is 5.10 Å². The van der Waals surface area contributed by atoms with Crippen LogP contribution < -0.4 is 10.2 Å². The number of rotatable bonds is 6. The van der Waals surface area contributed by atoms with E-state index in [4.69, 9.17) is 4.74 Å². The number of nitrogens with zero attached hydrogens (tertiary/aromatic N) is 1. The fraction of sp³-hybridized carbons (Fsp3) is 0.263. The zero-order chi connectivity index (χ0) is 16.7. The summed E-state index contributed by atoms with van der Waals surface area (Å²) in [5.41, 5.74) is 5.70. The Hall–Kier alpha value is -2.62. The molecule has 0 aromatic heterocycles. The summed E-state index contributed by atoms with van der Waals surface area (Å²) in [4.78, 5) is 11.8. The number of amides is 1. The summed E-state index contributed by atoms with van der Waals surface area (Å²) in [7, 11) is 1.62. The molecule has 0 bridgehead atoms. The smallest absolute Gasteiger partial charge is 0.244 e. The van der Waals surface area contributed by atoms with Crippen molar-refractivity contribution in [2.45, 2.75) is 26.2 Å². The molecular formula is C19H22N2O2. The first-order valence-electron chi connectivity index (χ1n) is 7.63. The Morgan fingerprint density at radius 1 is 1.13 bits per heavy atom. The van der Waals surface area contributed by atoms with Crippen molar-refractivity contribution in [3.63, 3.8) is 0 Å². The molecule has 0 spiro atoms. The van der Waals surface area contributed by atoms with Crippen molar-refractivity contribution in [1.82, 2.24) is 5.43 Å². The van der Waals surface area contributed by atoms with Gasteiger partial charge in [-0.3, -0.25) is 4.79 Å². The average Bonchev–Trinajstić information content (AvgIpc) is 2.56. The molecule has 0 unspecified atom stereocenters. The van der Waals surface area contributed by atoms with E-state index < -0.39 is 0 Å². The van der Waals surface area contributed by atoms with Crippen molar-refractivity contribution >= 4 is 12.1 Å². The number of ether oxygens (including phenoxy) is 1. The first-order valence-corrected chi connectivity index (χ1v) is 7.63. The second-order valence-electron chi connectivity index (χ2n) is 5.64. The Morgan fingerprint density at radius 2 is 1.78 bits per heavy atom. The molecule has 0 radical (unpaired) electrons. The van der Waals surface area contributed by atoms with Crippen LogP contribution in [0, 0.1) is 0 Å². The lowest BCUT2D eigenvalue weighted by molar-refractivity contribution is -0.120. The van der Waals surface area contributed by atoms with Crippen LogP contribution in [0.3, 0.4) is 0 Å². The lowest BCUT2D eigenvalue weighted by Crippen LogP contribution is -2.19. The zero-order valence-electron chi connectivity index (χ0n) is 13.7. The van der Waals surface area contributed by atoms with Gasteiger partial charge in [0, 0.05) is 0 Å². The minimum atomic E-state index is -0.148. The molecule has 0 fully saturated rings. The SMILES string of the molecule is COc1ccc(CC(=O)NN=Cc2ccc(C(C)C)cc2)cc1. The quantitative estimate of drug-likeness (QED) is 0.655. The zero-order valence-corrected chi connectivity index (χ0v) is 13.7. The minimum Gasteiger partial charge on any atom is -0.497 e. The second kappa shape index (κ2) is 8.13. The highest BCUT2D eigenvalue weighted by molar-refractivity contribution is 5.83. The van der Waals surface area contributed by atoms with Crippen molar-refractivity contribution in [3.05, 3.63) is 65.2 Å². The van der Waals surface area contributed by atoms with Gasteiger partial charge in [0.05, 0.1) is 19.7 Å². The summed E-state index contributed by atoms with van der Waals surface area (Å²) in [6.07, 6.45) is 1.93. The third kappa shape index (κ3) is 5.25. The molecule has 2 aromatic rings. The molecule has 0 heterocycles. The monoisotopic (exact) mass is 310 g/mol. The molecular weight excluding hydrogens is 288 g/mol. The number of carbonyl (C=O) groups is 1. The number of hydrazone groups is 1. The first-order chi connectivity index (χ1) is 11.1. The van der Waals surface area contributed by atoms with Crippen LogP contribution in [0.1, 0.15) is 36.5 Å². The van der Waals surface area contributed by atoms with Gasteiger partial charge in [-0.05, 0) is 34.7 Å². The summed E-state index contributed by atoms with van der Waals surface area (Å²) in [5.74, 6) is 1.13. The van der Waals surface area contributed by atoms with Gasteiger partial charge in [0.2, 0.25) is 5.91 Å². The van der Waals surface area contributed by atoms with Gasteiger partial charge in [-0.1, -0.05) is 50.2 Å². The molecule has 2 rings (SSSR count). The van der Waals surface area contributed by atoms with Crippen molar-refractivity contribution in [1.29, 1.82) is 0 Å². The van der Waals surface area contributed by atoms with E-state index in [0.29, 0.717) is 5.92 Å². The van der Waals surface area contributed by atoms with Crippen LogP contribution in [0.2, 0.25) is 0 Å². The molecule has 2 aromatic carbocycles. The van der Waals surface area contributed by atoms with E-state index >= 15 is 0 Å². The second-order valence-corrected chi connectivity index (χ2v) is 5.64. The van der Waals surface area contributed by atoms with Gasteiger partial charge in [-0.25, -0.2) is 5.43 Å². The molecule has 4 nitrogen and oxygen atoms in total. The average molecular weight is 310 g/mol. The third-order valence-corrected chi connectivity index (χ3v) is 3.53. The standard InChI is InChI=1S/C19H22N2O2/c1-14(2)17-8-4-16(5-9-17)13-20-21-19(22)12-15-6-10-18(23-3)11-7-15/h4-11,13-14H,12H2,1-3H3,(H,21,22). The summed E-state index contributed by atoms with van der Waals surface area (Å²) in [6.45, 7) is 4.31. The van der Waals surface area contributed by atoms with Crippen molar-refractivity contribution in [3.8, 4) is 5.75 Å². The van der Waals surface area contributed by atoms with Crippen molar-refractivity contribution in [2.75, 3.05) is 7.11 Å². The number of methoxy groups -OCH3 is 1. The van der Waals surface area contributed by atoms with Crippen LogP contribution in [0.25, 0.3) is 0 Å². The maximum absolute atomic E-state index is 11.8. The number of hydrogen-bond donors (Lipinski definition) is 1. The molecule has 0 aliphatic heterocycles. The summed E-state index contributed by atoms with van der Waals surface area (Å²) in [6, 6.07) is 15.5. The maximum Gasteiger partial charge on any atom is 0.244 e. The van der Waals surface area contributed by atoms with Gasteiger partial charge in [0.25, 0.3) is 0 Å². The Labute approximate surface area is 137 Å². The summed E-state index contributed by atoms with van der Waals surface area (Å²) < 4.78 is 5.09. The van der Waals surface area contributed by atoms with Gasteiger partial charge in [-0.15, -0.1) is 0 Å². The fourth-order valence-corrected chi connectivity index (χ4v) is 2.11. The van der Waals surface area contributed by atoms with Gasteiger partial charge in [-0.2, -0.15) is 5.10 Å². The molecule has 120 valence electrons.